The van der Waals surface area contributed by atoms with Gasteiger partial charge in [-0.3, -0.25) is 9.69 Å². The quantitative estimate of drug-likeness (QED) is 0.731. The molecule has 0 aliphatic carbocycles. The summed E-state index contributed by atoms with van der Waals surface area (Å²) in [4.78, 5) is 13.1. The van der Waals surface area contributed by atoms with Crippen molar-refractivity contribution >= 4 is 11.7 Å². The number of carboxylic acid groups (broad SMARTS) is 1. The molecule has 1 aromatic heterocycles. The van der Waals surface area contributed by atoms with Gasteiger partial charge in [0.25, 0.3) is 0 Å². The molecule has 2 rings (SSSR count). The van der Waals surface area contributed by atoms with Crippen molar-refractivity contribution in [1.82, 2.24) is 9.47 Å². The molecule has 24 heavy (non-hydrogen) atoms. The van der Waals surface area contributed by atoms with Crippen LogP contribution in [0.5, 0.6) is 0 Å². The van der Waals surface area contributed by atoms with E-state index in [1.807, 2.05) is 19.9 Å². The molecule has 4 nitrogen and oxygen atoms in total. The number of hydrogen-bond donors (Lipinski definition) is 1. The van der Waals surface area contributed by atoms with Gasteiger partial charge in [0, 0.05) is 24.6 Å². The highest BCUT2D eigenvalue weighted by atomic mass is 16.4. The summed E-state index contributed by atoms with van der Waals surface area (Å²) in [6, 6.07) is 2.16. The summed E-state index contributed by atoms with van der Waals surface area (Å²) in [5, 5.41) is 8.73. The van der Waals surface area contributed by atoms with Crippen LogP contribution in [0.2, 0.25) is 0 Å². The van der Waals surface area contributed by atoms with Crippen molar-refractivity contribution < 1.29 is 9.90 Å². The van der Waals surface area contributed by atoms with E-state index in [0.717, 1.165) is 18.7 Å². The Labute approximate surface area is 146 Å². The molecule has 4 heteroatoms. The Balaban J connectivity index is 0.00000139. The first kappa shape index (κ1) is 20.2. The second-order valence-corrected chi connectivity index (χ2v) is 5.80. The second-order valence-electron chi connectivity index (χ2n) is 5.80. The van der Waals surface area contributed by atoms with Crippen LogP contribution >= 0.6 is 0 Å². The number of rotatable bonds is 7. The highest BCUT2D eigenvalue weighted by Gasteiger charge is 2.11. The van der Waals surface area contributed by atoms with E-state index < -0.39 is 5.97 Å². The van der Waals surface area contributed by atoms with E-state index in [4.69, 9.17) is 5.11 Å². The summed E-state index contributed by atoms with van der Waals surface area (Å²) < 4.78 is 2.08. The van der Waals surface area contributed by atoms with Crippen molar-refractivity contribution in [2.24, 2.45) is 0 Å². The van der Waals surface area contributed by atoms with Gasteiger partial charge < -0.3 is 9.67 Å². The maximum Gasteiger partial charge on any atom is 0.307 e. The highest BCUT2D eigenvalue weighted by Crippen LogP contribution is 2.16. The lowest BCUT2D eigenvalue weighted by atomic mass is 10.1. The zero-order valence-electron chi connectivity index (χ0n) is 15.4. The van der Waals surface area contributed by atoms with Gasteiger partial charge in [-0.05, 0) is 50.1 Å². The number of carboxylic acids is 1. The molecule has 0 saturated carbocycles. The summed E-state index contributed by atoms with van der Waals surface area (Å²) in [7, 11) is 0. The minimum Gasteiger partial charge on any atom is -0.481 e. The fourth-order valence-corrected chi connectivity index (χ4v) is 2.82. The van der Waals surface area contributed by atoms with E-state index in [1.165, 1.54) is 37.9 Å². The van der Waals surface area contributed by atoms with Gasteiger partial charge in [-0.2, -0.15) is 0 Å². The van der Waals surface area contributed by atoms with Crippen LogP contribution in [0.4, 0.5) is 0 Å². The first-order valence-electron chi connectivity index (χ1n) is 9.17. The lowest BCUT2D eigenvalue weighted by molar-refractivity contribution is -0.135. The summed E-state index contributed by atoms with van der Waals surface area (Å²) >= 11 is 0. The van der Waals surface area contributed by atoms with Crippen molar-refractivity contribution in [3.8, 4) is 0 Å². The predicted molar refractivity (Wildman–Crippen MR) is 101 cm³/mol. The SMILES string of the molecule is CC.CC/C=C(\C=C/CC(=O)O)n1ccc(CN2CCCCC2)c1. The minimum atomic E-state index is -0.801. The molecule has 1 fully saturated rings. The standard InChI is InChI=1S/C18H26N2O2.C2H6/c1-2-7-17(8-6-9-18(21)22)20-13-10-16(15-20)14-19-11-4-3-5-12-19;1-2/h6-8,10,13,15H,2-5,9,11-12,14H2,1H3,(H,21,22);1-2H3/b8-6-,17-7+;. The number of nitrogens with zero attached hydrogens (tertiary/aromatic N) is 2. The summed E-state index contributed by atoms with van der Waals surface area (Å²) in [6.45, 7) is 9.48. The molecule has 0 atom stereocenters. The van der Waals surface area contributed by atoms with Crippen LogP contribution in [0.15, 0.2) is 36.7 Å². The van der Waals surface area contributed by atoms with Crippen molar-refractivity contribution in [3.05, 3.63) is 42.3 Å². The fraction of sp³-hybridized carbons (Fsp3) is 0.550. The zero-order chi connectivity index (χ0) is 17.8. The molecule has 0 aromatic carbocycles. The van der Waals surface area contributed by atoms with Gasteiger partial charge in [-0.1, -0.05) is 39.3 Å². The molecule has 1 N–H and O–H groups in total. The molecule has 1 saturated heterocycles. The number of hydrogen-bond acceptors (Lipinski definition) is 2. The van der Waals surface area contributed by atoms with E-state index in [-0.39, 0.29) is 6.42 Å². The molecule has 134 valence electrons. The van der Waals surface area contributed by atoms with Crippen molar-refractivity contribution in [3.63, 3.8) is 0 Å². The van der Waals surface area contributed by atoms with Crippen LogP contribution in [-0.4, -0.2) is 33.6 Å². The van der Waals surface area contributed by atoms with Crippen LogP contribution in [0.3, 0.4) is 0 Å². The number of allylic oxidation sites excluding steroid dienone is 3. The second kappa shape index (κ2) is 11.7. The van der Waals surface area contributed by atoms with Crippen LogP contribution in [0.25, 0.3) is 5.70 Å². The van der Waals surface area contributed by atoms with E-state index >= 15 is 0 Å². The zero-order valence-corrected chi connectivity index (χ0v) is 15.4. The van der Waals surface area contributed by atoms with Gasteiger partial charge in [0.1, 0.15) is 0 Å². The van der Waals surface area contributed by atoms with Gasteiger partial charge in [0.15, 0.2) is 0 Å². The van der Waals surface area contributed by atoms with Gasteiger partial charge in [0.2, 0.25) is 0 Å². The maximum atomic E-state index is 10.6. The Morgan fingerprint density at radius 2 is 1.96 bits per heavy atom. The third-order valence-corrected chi connectivity index (χ3v) is 3.90. The first-order valence-corrected chi connectivity index (χ1v) is 9.17. The Morgan fingerprint density at radius 3 is 2.58 bits per heavy atom. The summed E-state index contributed by atoms with van der Waals surface area (Å²) in [5.41, 5.74) is 2.35. The molecule has 0 amide bonds. The largest absolute Gasteiger partial charge is 0.481 e. The number of piperidine rings is 1. The Morgan fingerprint density at radius 1 is 1.25 bits per heavy atom. The Hall–Kier alpha value is -1.81. The van der Waals surface area contributed by atoms with E-state index in [9.17, 15) is 4.79 Å². The Kier molecular flexibility index (Phi) is 9.85. The average molecular weight is 332 g/mol. The van der Waals surface area contributed by atoms with Gasteiger partial charge in [-0.25, -0.2) is 0 Å². The van der Waals surface area contributed by atoms with Crippen molar-refractivity contribution in [2.75, 3.05) is 13.1 Å². The fourth-order valence-electron chi connectivity index (χ4n) is 2.82. The third kappa shape index (κ3) is 7.18. The molecule has 0 radical (unpaired) electrons. The van der Waals surface area contributed by atoms with Crippen LogP contribution in [0.1, 0.15) is 58.4 Å². The average Bonchev–Trinajstić information content (AvgIpc) is 3.05. The summed E-state index contributed by atoms with van der Waals surface area (Å²) in [5.74, 6) is -0.801. The molecular weight excluding hydrogens is 300 g/mol. The van der Waals surface area contributed by atoms with E-state index in [2.05, 4.69) is 40.9 Å². The monoisotopic (exact) mass is 332 g/mol. The molecule has 0 unspecified atom stereocenters. The van der Waals surface area contributed by atoms with Gasteiger partial charge in [0.05, 0.1) is 6.42 Å². The first-order chi connectivity index (χ1) is 11.7. The molecular formula is C20H32N2O2. The molecule has 1 aliphatic heterocycles. The molecule has 1 aliphatic rings. The van der Waals surface area contributed by atoms with E-state index in [0.29, 0.717) is 0 Å². The van der Waals surface area contributed by atoms with Crippen LogP contribution in [0, 0.1) is 0 Å². The molecule has 1 aromatic rings. The smallest absolute Gasteiger partial charge is 0.307 e. The lowest BCUT2D eigenvalue weighted by Crippen LogP contribution is -2.28. The normalized spacial score (nSPS) is 16.0. The van der Waals surface area contributed by atoms with Crippen molar-refractivity contribution in [1.29, 1.82) is 0 Å². The Bertz CT molecular complexity index is 538. The predicted octanol–water partition coefficient (Wildman–Crippen LogP) is 4.78. The number of likely N-dealkylation sites (tertiary alicyclic amines) is 1. The maximum absolute atomic E-state index is 10.6. The topological polar surface area (TPSA) is 45.5 Å². The van der Waals surface area contributed by atoms with Crippen LogP contribution < -0.4 is 0 Å². The lowest BCUT2D eigenvalue weighted by Gasteiger charge is -2.25. The van der Waals surface area contributed by atoms with E-state index in [1.54, 1.807) is 6.08 Å². The number of carbonyl (C=O) groups is 1. The third-order valence-electron chi connectivity index (χ3n) is 3.90. The molecule has 2 heterocycles. The molecule has 0 bridgehead atoms. The highest BCUT2D eigenvalue weighted by molar-refractivity contribution is 5.69. The van der Waals surface area contributed by atoms with Gasteiger partial charge in [-0.15, -0.1) is 0 Å². The number of aromatic nitrogens is 1. The van der Waals surface area contributed by atoms with Crippen LogP contribution in [-0.2, 0) is 11.3 Å². The number of aliphatic carboxylic acids is 1. The van der Waals surface area contributed by atoms with Gasteiger partial charge >= 0.3 is 5.97 Å². The minimum absolute atomic E-state index is 0.0585. The molecule has 0 spiro atoms. The van der Waals surface area contributed by atoms with Crippen molar-refractivity contribution in [2.45, 2.75) is 59.4 Å². The summed E-state index contributed by atoms with van der Waals surface area (Å²) in [6.07, 6.45) is 14.9.